The van der Waals surface area contributed by atoms with Gasteiger partial charge in [0.25, 0.3) is 0 Å². The lowest BCUT2D eigenvalue weighted by Gasteiger charge is -2.41. The summed E-state index contributed by atoms with van der Waals surface area (Å²) in [7, 11) is 3.15. The Balaban J connectivity index is 1.47. The Labute approximate surface area is 234 Å². The summed E-state index contributed by atoms with van der Waals surface area (Å²) in [5, 5.41) is 2.97. The highest BCUT2D eigenvalue weighted by molar-refractivity contribution is 5.78. The summed E-state index contributed by atoms with van der Waals surface area (Å²) in [6, 6.07) is 7.00. The summed E-state index contributed by atoms with van der Waals surface area (Å²) in [6.07, 6.45) is 6.54. The SMILES string of the molecule is CCCCOC(=O)N1CCN(c2cc(C)nc(-n3ccnc3)n2)CC1CC(=O)NCc1ccc(OC)c(OC)c1. The van der Waals surface area contributed by atoms with Gasteiger partial charge < -0.3 is 29.3 Å². The van der Waals surface area contributed by atoms with Crippen molar-refractivity contribution in [1.29, 1.82) is 0 Å². The molecule has 1 fully saturated rings. The molecule has 1 atom stereocenters. The van der Waals surface area contributed by atoms with Gasteiger partial charge in [-0.1, -0.05) is 19.4 Å². The number of carbonyl (C=O) groups excluding carboxylic acids is 2. The number of unbranched alkanes of at least 4 members (excludes halogenated alkanes) is 1. The summed E-state index contributed by atoms with van der Waals surface area (Å²) in [5.41, 5.74) is 1.68. The van der Waals surface area contributed by atoms with Gasteiger partial charge in [0.2, 0.25) is 11.9 Å². The van der Waals surface area contributed by atoms with Crippen LogP contribution in [0.5, 0.6) is 11.5 Å². The zero-order valence-corrected chi connectivity index (χ0v) is 23.5. The van der Waals surface area contributed by atoms with Crippen LogP contribution >= 0.6 is 0 Å². The van der Waals surface area contributed by atoms with Crippen molar-refractivity contribution in [1.82, 2.24) is 29.7 Å². The van der Waals surface area contributed by atoms with Crippen molar-refractivity contribution in [2.45, 2.75) is 45.7 Å². The predicted molar refractivity (Wildman–Crippen MR) is 149 cm³/mol. The number of benzene rings is 1. The Hall–Kier alpha value is -4.35. The van der Waals surface area contributed by atoms with E-state index < -0.39 is 12.1 Å². The van der Waals surface area contributed by atoms with E-state index in [9.17, 15) is 9.59 Å². The van der Waals surface area contributed by atoms with Crippen molar-refractivity contribution in [2.24, 2.45) is 0 Å². The van der Waals surface area contributed by atoms with Crippen LogP contribution in [0.3, 0.4) is 0 Å². The third kappa shape index (κ3) is 7.19. The van der Waals surface area contributed by atoms with Crippen LogP contribution in [-0.4, -0.2) is 82.9 Å². The maximum absolute atomic E-state index is 13.1. The number of imidazole rings is 1. The summed E-state index contributed by atoms with van der Waals surface area (Å²) >= 11 is 0. The van der Waals surface area contributed by atoms with Crippen LogP contribution in [0, 0.1) is 6.92 Å². The van der Waals surface area contributed by atoms with Gasteiger partial charge in [-0.3, -0.25) is 9.36 Å². The van der Waals surface area contributed by atoms with Gasteiger partial charge in [0.05, 0.1) is 26.9 Å². The minimum atomic E-state index is -0.403. The normalized spacial score (nSPS) is 15.1. The molecule has 40 heavy (non-hydrogen) atoms. The number of aromatic nitrogens is 4. The standard InChI is InChI=1S/C28H37N7O5/c1-5-6-13-40-28(37)35-12-11-33(25-14-20(2)31-27(32-25)34-10-9-29-19-34)18-22(35)16-26(36)30-17-21-7-8-23(38-3)24(15-21)39-4/h7-10,14-15,19,22H,5-6,11-13,16-18H2,1-4H3,(H,30,36). The van der Waals surface area contributed by atoms with E-state index in [1.54, 1.807) is 48.5 Å². The van der Waals surface area contributed by atoms with E-state index in [-0.39, 0.29) is 12.3 Å². The quantitative estimate of drug-likeness (QED) is 0.358. The van der Waals surface area contributed by atoms with Crippen LogP contribution in [0.25, 0.3) is 5.95 Å². The Kier molecular flexibility index (Phi) is 9.76. The van der Waals surface area contributed by atoms with Crippen molar-refractivity contribution < 1.29 is 23.8 Å². The Morgan fingerprint density at radius 3 is 2.65 bits per heavy atom. The molecule has 0 saturated carbocycles. The smallest absolute Gasteiger partial charge is 0.410 e. The average molecular weight is 552 g/mol. The second-order valence-electron chi connectivity index (χ2n) is 9.57. The second-order valence-corrected chi connectivity index (χ2v) is 9.57. The van der Waals surface area contributed by atoms with E-state index in [4.69, 9.17) is 19.2 Å². The first kappa shape index (κ1) is 28.7. The van der Waals surface area contributed by atoms with Crippen LogP contribution in [0.2, 0.25) is 0 Å². The van der Waals surface area contributed by atoms with Crippen molar-refractivity contribution in [3.63, 3.8) is 0 Å². The molecular weight excluding hydrogens is 514 g/mol. The van der Waals surface area contributed by atoms with E-state index in [0.29, 0.717) is 50.2 Å². The van der Waals surface area contributed by atoms with E-state index in [1.165, 1.54) is 0 Å². The molecule has 1 saturated heterocycles. The third-order valence-electron chi connectivity index (χ3n) is 6.69. The van der Waals surface area contributed by atoms with E-state index in [0.717, 1.165) is 29.9 Å². The molecule has 214 valence electrons. The van der Waals surface area contributed by atoms with Crippen LogP contribution in [0.1, 0.15) is 37.4 Å². The fourth-order valence-corrected chi connectivity index (χ4v) is 4.53. The zero-order chi connectivity index (χ0) is 28.5. The van der Waals surface area contributed by atoms with Gasteiger partial charge in [-0.25, -0.2) is 14.8 Å². The Morgan fingerprint density at radius 2 is 1.93 bits per heavy atom. The lowest BCUT2D eigenvalue weighted by molar-refractivity contribution is -0.122. The van der Waals surface area contributed by atoms with Crippen LogP contribution in [0.4, 0.5) is 10.6 Å². The molecule has 1 aliphatic rings. The molecule has 4 rings (SSSR count). The summed E-state index contributed by atoms with van der Waals surface area (Å²) in [6.45, 7) is 6.00. The molecule has 1 N–H and O–H groups in total. The molecule has 3 aromatic rings. The highest BCUT2D eigenvalue weighted by Crippen LogP contribution is 2.27. The van der Waals surface area contributed by atoms with Crippen LogP contribution < -0.4 is 19.7 Å². The molecule has 1 aliphatic heterocycles. The number of carbonyl (C=O) groups is 2. The Bertz CT molecular complexity index is 1280. The lowest BCUT2D eigenvalue weighted by Crippen LogP contribution is -2.56. The summed E-state index contributed by atoms with van der Waals surface area (Å²) < 4.78 is 17.9. The molecular formula is C28H37N7O5. The van der Waals surface area contributed by atoms with Crippen molar-refractivity contribution in [3.05, 3.63) is 54.2 Å². The topological polar surface area (TPSA) is 124 Å². The summed E-state index contributed by atoms with van der Waals surface area (Å²) in [4.78, 5) is 43.1. The van der Waals surface area contributed by atoms with E-state index in [2.05, 4.69) is 20.2 Å². The highest BCUT2D eigenvalue weighted by atomic mass is 16.6. The molecule has 0 aliphatic carbocycles. The predicted octanol–water partition coefficient (Wildman–Crippen LogP) is 3.12. The van der Waals surface area contributed by atoms with Gasteiger partial charge in [-0.05, 0) is 31.0 Å². The minimum absolute atomic E-state index is 0.116. The highest BCUT2D eigenvalue weighted by Gasteiger charge is 2.34. The number of ether oxygens (including phenoxy) is 3. The monoisotopic (exact) mass is 551 g/mol. The fraction of sp³-hybridized carbons (Fsp3) is 0.464. The molecule has 0 radical (unpaired) electrons. The fourth-order valence-electron chi connectivity index (χ4n) is 4.53. The van der Waals surface area contributed by atoms with E-state index >= 15 is 0 Å². The number of methoxy groups -OCH3 is 2. The van der Waals surface area contributed by atoms with Gasteiger partial charge in [0.1, 0.15) is 12.1 Å². The minimum Gasteiger partial charge on any atom is -0.493 e. The number of nitrogens with zero attached hydrogens (tertiary/aromatic N) is 6. The molecule has 2 amide bonds. The largest absolute Gasteiger partial charge is 0.493 e. The number of hydrogen-bond acceptors (Lipinski definition) is 9. The maximum atomic E-state index is 13.1. The van der Waals surface area contributed by atoms with Crippen LogP contribution in [-0.2, 0) is 16.1 Å². The van der Waals surface area contributed by atoms with Gasteiger partial charge >= 0.3 is 6.09 Å². The molecule has 12 heteroatoms. The zero-order valence-electron chi connectivity index (χ0n) is 23.5. The molecule has 3 heterocycles. The number of piperazine rings is 1. The first-order valence-electron chi connectivity index (χ1n) is 13.4. The van der Waals surface area contributed by atoms with Gasteiger partial charge in [0, 0.05) is 56.8 Å². The number of aryl methyl sites for hydroxylation is 1. The lowest BCUT2D eigenvalue weighted by atomic mass is 10.1. The maximum Gasteiger partial charge on any atom is 0.410 e. The average Bonchev–Trinajstić information content (AvgIpc) is 3.51. The molecule has 0 bridgehead atoms. The third-order valence-corrected chi connectivity index (χ3v) is 6.69. The van der Waals surface area contributed by atoms with Gasteiger partial charge in [0.15, 0.2) is 11.5 Å². The molecule has 2 aromatic heterocycles. The second kappa shape index (κ2) is 13.6. The van der Waals surface area contributed by atoms with Crippen LogP contribution in [0.15, 0.2) is 43.0 Å². The number of rotatable bonds is 11. The Morgan fingerprint density at radius 1 is 1.10 bits per heavy atom. The molecule has 1 aromatic carbocycles. The van der Waals surface area contributed by atoms with Crippen molar-refractivity contribution >= 4 is 17.8 Å². The van der Waals surface area contributed by atoms with Gasteiger partial charge in [-0.2, -0.15) is 4.98 Å². The number of nitrogens with one attached hydrogen (secondary N) is 1. The summed E-state index contributed by atoms with van der Waals surface area (Å²) in [5.74, 6) is 2.27. The number of anilines is 1. The molecule has 12 nitrogen and oxygen atoms in total. The van der Waals surface area contributed by atoms with Gasteiger partial charge in [-0.15, -0.1) is 0 Å². The molecule has 1 unspecified atom stereocenters. The van der Waals surface area contributed by atoms with Crippen molar-refractivity contribution in [3.8, 4) is 17.4 Å². The van der Waals surface area contributed by atoms with E-state index in [1.807, 2.05) is 32.0 Å². The first-order chi connectivity index (χ1) is 19.4. The van der Waals surface area contributed by atoms with Crippen molar-refractivity contribution in [2.75, 3.05) is 45.4 Å². The first-order valence-corrected chi connectivity index (χ1v) is 13.4. The number of amides is 2. The molecule has 0 spiro atoms. The number of hydrogen-bond donors (Lipinski definition) is 1.